The third-order valence-corrected chi connectivity index (χ3v) is 9.14. The highest BCUT2D eigenvalue weighted by Gasteiger charge is 2.23. The minimum Gasteiger partial charge on any atom is -0.496 e. The monoisotopic (exact) mass is 531 g/mol. The zero-order valence-electron chi connectivity index (χ0n) is 21.7. The van der Waals surface area contributed by atoms with Crippen LogP contribution in [0.3, 0.4) is 0 Å². The summed E-state index contributed by atoms with van der Waals surface area (Å²) in [5.74, 6) is 0.839. The number of aryl methyl sites for hydroxylation is 3. The van der Waals surface area contributed by atoms with E-state index < -0.39 is 0 Å². The molecule has 2 nitrogen and oxygen atoms in total. The van der Waals surface area contributed by atoms with Gasteiger partial charge in [-0.1, -0.05) is 65.7 Å². The summed E-state index contributed by atoms with van der Waals surface area (Å²) in [4.78, 5) is 0. The maximum atomic E-state index is 6.96. The topological polar surface area (TPSA) is 14.2 Å². The molecule has 0 aliphatic heterocycles. The molecule has 0 N–H and O–H groups in total. The Labute approximate surface area is 230 Å². The number of hydrogen-bond donors (Lipinski definition) is 0. The van der Waals surface area contributed by atoms with Gasteiger partial charge >= 0.3 is 0 Å². The molecule has 0 aliphatic carbocycles. The maximum absolute atomic E-state index is 6.96. The lowest BCUT2D eigenvalue weighted by Gasteiger charge is -2.13. The number of halogens is 1. The Morgan fingerprint density at radius 1 is 0.763 bits per heavy atom. The molecule has 7 aromatic rings. The van der Waals surface area contributed by atoms with Crippen LogP contribution in [0.5, 0.6) is 5.75 Å². The summed E-state index contributed by atoms with van der Waals surface area (Å²) in [5, 5.41) is 5.45. The van der Waals surface area contributed by atoms with Crippen LogP contribution < -0.4 is 4.74 Å². The molecule has 0 fully saturated rings. The molecular weight excluding hydrogens is 506 g/mol. The first-order valence-electron chi connectivity index (χ1n) is 12.7. The van der Waals surface area contributed by atoms with Crippen LogP contribution in [0, 0.1) is 20.8 Å². The van der Waals surface area contributed by atoms with Crippen molar-refractivity contribution in [3.63, 3.8) is 0 Å². The lowest BCUT2D eigenvalue weighted by atomic mass is 9.95. The van der Waals surface area contributed by atoms with E-state index in [0.717, 1.165) is 22.3 Å². The van der Waals surface area contributed by atoms with Crippen LogP contribution in [0.2, 0.25) is 5.02 Å². The summed E-state index contributed by atoms with van der Waals surface area (Å²) in [6, 6.07) is 30.6. The van der Waals surface area contributed by atoms with E-state index in [2.05, 4.69) is 98.1 Å². The van der Waals surface area contributed by atoms with Gasteiger partial charge in [-0.15, -0.1) is 11.3 Å². The van der Waals surface area contributed by atoms with Gasteiger partial charge in [0.25, 0.3) is 0 Å². The van der Waals surface area contributed by atoms with Gasteiger partial charge in [-0.2, -0.15) is 0 Å². The second-order valence-corrected chi connectivity index (χ2v) is 11.6. The Morgan fingerprint density at radius 3 is 2.34 bits per heavy atom. The summed E-state index contributed by atoms with van der Waals surface area (Å²) in [6.07, 6.45) is 0. The van der Waals surface area contributed by atoms with Crippen LogP contribution in [-0.2, 0) is 0 Å². The fourth-order valence-electron chi connectivity index (χ4n) is 5.92. The number of benzene rings is 5. The van der Waals surface area contributed by atoms with Crippen LogP contribution in [0.4, 0.5) is 0 Å². The molecule has 0 saturated heterocycles. The SMILES string of the molecule is COc1ccc(Cl)c2c1c1sc3ccc(-c4c(C)cccc4C)cc3c1n2-c1ccc2ccc(C)cc2c1. The van der Waals surface area contributed by atoms with Gasteiger partial charge in [0.15, 0.2) is 0 Å². The molecule has 0 amide bonds. The van der Waals surface area contributed by atoms with Crippen molar-refractivity contribution >= 4 is 64.9 Å². The molecule has 7 rings (SSSR count). The molecule has 186 valence electrons. The average Bonchev–Trinajstić information content (AvgIpc) is 3.44. The highest BCUT2D eigenvalue weighted by Crippen LogP contribution is 2.48. The second-order valence-electron chi connectivity index (χ2n) is 10.1. The standard InChI is InChI=1S/C34H26ClNOS/c1-19-8-9-22-10-12-25(17-24(22)16-19)36-32-26-18-23(30-20(2)6-5-7-21(30)3)11-15-29(26)38-34(32)31-28(37-4)14-13-27(35)33(31)36/h5-18H,1-4H3. The summed E-state index contributed by atoms with van der Waals surface area (Å²) in [5.41, 5.74) is 9.60. The summed E-state index contributed by atoms with van der Waals surface area (Å²) >= 11 is 8.76. The van der Waals surface area contributed by atoms with Gasteiger partial charge in [0.2, 0.25) is 0 Å². The van der Waals surface area contributed by atoms with Crippen LogP contribution in [0.25, 0.3) is 58.8 Å². The van der Waals surface area contributed by atoms with Gasteiger partial charge in [0.05, 0.1) is 33.3 Å². The van der Waals surface area contributed by atoms with E-state index in [4.69, 9.17) is 16.3 Å². The average molecular weight is 532 g/mol. The summed E-state index contributed by atoms with van der Waals surface area (Å²) in [7, 11) is 1.73. The number of fused-ring (bicyclic) bond motifs is 6. The fraction of sp³-hybridized carbons (Fsp3) is 0.118. The number of thiophene rings is 1. The molecule has 0 atom stereocenters. The van der Waals surface area contributed by atoms with Gasteiger partial charge in [-0.3, -0.25) is 0 Å². The first-order valence-corrected chi connectivity index (χ1v) is 13.9. The molecule has 0 aliphatic rings. The normalized spacial score (nSPS) is 11.8. The number of hydrogen-bond acceptors (Lipinski definition) is 2. The number of ether oxygens (including phenoxy) is 1. The van der Waals surface area contributed by atoms with E-state index in [9.17, 15) is 0 Å². The predicted octanol–water partition coefficient (Wildman–Crippen LogP) is 10.4. The van der Waals surface area contributed by atoms with Crippen LogP contribution in [-0.4, -0.2) is 11.7 Å². The minimum atomic E-state index is 0.715. The van der Waals surface area contributed by atoms with Crippen LogP contribution in [0.1, 0.15) is 16.7 Å². The van der Waals surface area contributed by atoms with Gasteiger partial charge in [0, 0.05) is 15.8 Å². The maximum Gasteiger partial charge on any atom is 0.129 e. The molecule has 0 saturated carbocycles. The molecule has 0 unspecified atom stereocenters. The molecule has 0 bridgehead atoms. The van der Waals surface area contributed by atoms with Gasteiger partial charge in [0.1, 0.15) is 5.75 Å². The molecule has 4 heteroatoms. The third kappa shape index (κ3) is 3.39. The number of aromatic nitrogens is 1. The van der Waals surface area contributed by atoms with Crippen LogP contribution in [0.15, 0.2) is 84.9 Å². The second kappa shape index (κ2) is 8.62. The van der Waals surface area contributed by atoms with Crippen molar-refractivity contribution < 1.29 is 4.74 Å². The Bertz CT molecular complexity index is 2040. The Hall–Kier alpha value is -3.79. The molecule has 2 heterocycles. The Kier molecular flexibility index (Phi) is 5.30. The highest BCUT2D eigenvalue weighted by atomic mass is 35.5. The van der Waals surface area contributed by atoms with Gasteiger partial charge in [-0.05, 0) is 90.2 Å². The van der Waals surface area contributed by atoms with Crippen LogP contribution >= 0.6 is 22.9 Å². The third-order valence-electron chi connectivity index (χ3n) is 7.65. The quantitative estimate of drug-likeness (QED) is 0.221. The number of nitrogens with zero attached hydrogens (tertiary/aromatic N) is 1. The van der Waals surface area contributed by atoms with Crippen molar-refractivity contribution in [3.05, 3.63) is 107 Å². The van der Waals surface area contributed by atoms with Crippen molar-refractivity contribution in [1.29, 1.82) is 0 Å². The van der Waals surface area contributed by atoms with Crippen molar-refractivity contribution in [2.24, 2.45) is 0 Å². The Balaban J connectivity index is 1.64. The van der Waals surface area contributed by atoms with Crippen molar-refractivity contribution in [1.82, 2.24) is 4.57 Å². The molecule has 38 heavy (non-hydrogen) atoms. The van der Waals surface area contributed by atoms with E-state index in [0.29, 0.717) is 5.02 Å². The first-order chi connectivity index (χ1) is 18.4. The molecule has 2 aromatic heterocycles. The van der Waals surface area contributed by atoms with Crippen molar-refractivity contribution in [2.45, 2.75) is 20.8 Å². The van der Waals surface area contributed by atoms with Gasteiger partial charge < -0.3 is 9.30 Å². The lowest BCUT2D eigenvalue weighted by molar-refractivity contribution is 0.420. The largest absolute Gasteiger partial charge is 0.496 e. The zero-order valence-corrected chi connectivity index (χ0v) is 23.3. The van der Waals surface area contributed by atoms with Crippen molar-refractivity contribution in [3.8, 4) is 22.6 Å². The zero-order chi connectivity index (χ0) is 26.1. The summed E-state index contributed by atoms with van der Waals surface area (Å²) < 4.78 is 10.7. The number of methoxy groups -OCH3 is 1. The molecule has 0 spiro atoms. The lowest BCUT2D eigenvalue weighted by Crippen LogP contribution is -1.95. The summed E-state index contributed by atoms with van der Waals surface area (Å²) in [6.45, 7) is 6.52. The molecule has 0 radical (unpaired) electrons. The van der Waals surface area contributed by atoms with E-state index in [1.54, 1.807) is 18.4 Å². The van der Waals surface area contributed by atoms with Crippen molar-refractivity contribution in [2.75, 3.05) is 7.11 Å². The van der Waals surface area contributed by atoms with Gasteiger partial charge in [-0.25, -0.2) is 0 Å². The molecule has 5 aromatic carbocycles. The highest BCUT2D eigenvalue weighted by molar-refractivity contribution is 7.26. The van der Waals surface area contributed by atoms with E-state index >= 15 is 0 Å². The first kappa shape index (κ1) is 23.3. The predicted molar refractivity (Wildman–Crippen MR) is 165 cm³/mol. The fourth-order valence-corrected chi connectivity index (χ4v) is 7.38. The van der Waals surface area contributed by atoms with E-state index in [1.165, 1.54) is 58.9 Å². The smallest absolute Gasteiger partial charge is 0.129 e. The Morgan fingerprint density at radius 2 is 1.55 bits per heavy atom. The van der Waals surface area contributed by atoms with E-state index in [1.807, 2.05) is 12.1 Å². The van der Waals surface area contributed by atoms with E-state index in [-0.39, 0.29) is 0 Å². The minimum absolute atomic E-state index is 0.715. The molecular formula is C34H26ClNOS. The number of rotatable bonds is 3.